The van der Waals surface area contributed by atoms with Crippen LogP contribution < -0.4 is 5.32 Å². The lowest BCUT2D eigenvalue weighted by molar-refractivity contribution is -0.143. The van der Waals surface area contributed by atoms with Crippen molar-refractivity contribution in [2.24, 2.45) is 0 Å². The number of carbonyl (C=O) groups is 1. The summed E-state index contributed by atoms with van der Waals surface area (Å²) in [6.07, 6.45) is 3.17. The number of rotatable bonds is 6. The molecular weight excluding hydrogens is 256 g/mol. The van der Waals surface area contributed by atoms with E-state index >= 15 is 0 Å². The molecule has 1 aliphatic rings. The summed E-state index contributed by atoms with van der Waals surface area (Å²) in [5.74, 6) is -0.196. The van der Waals surface area contributed by atoms with Gasteiger partial charge in [-0.3, -0.25) is 4.79 Å². The fraction of sp³-hybridized carbons (Fsp3) is 0.909. The van der Waals surface area contributed by atoms with Crippen LogP contribution in [0.3, 0.4) is 0 Å². The van der Waals surface area contributed by atoms with Crippen LogP contribution in [0.2, 0.25) is 0 Å². The molecule has 0 saturated carbocycles. The van der Waals surface area contributed by atoms with Gasteiger partial charge in [0.25, 0.3) is 0 Å². The molecule has 0 spiro atoms. The zero-order chi connectivity index (χ0) is 13.6. The number of esters is 1. The fourth-order valence-corrected chi connectivity index (χ4v) is 2.88. The van der Waals surface area contributed by atoms with E-state index in [9.17, 15) is 13.2 Å². The molecule has 0 aliphatic carbocycles. The Morgan fingerprint density at radius 1 is 1.39 bits per heavy atom. The predicted octanol–water partition coefficient (Wildman–Crippen LogP) is -0.0468. The highest BCUT2D eigenvalue weighted by Gasteiger charge is 2.24. The van der Waals surface area contributed by atoms with E-state index in [1.54, 1.807) is 6.92 Å². The third kappa shape index (κ3) is 5.32. The van der Waals surface area contributed by atoms with E-state index in [1.165, 1.54) is 10.6 Å². The molecule has 0 aromatic heterocycles. The van der Waals surface area contributed by atoms with Crippen LogP contribution in [0.1, 0.15) is 26.2 Å². The third-order valence-corrected chi connectivity index (χ3v) is 4.29. The van der Waals surface area contributed by atoms with E-state index < -0.39 is 10.0 Å². The van der Waals surface area contributed by atoms with Crippen LogP contribution >= 0.6 is 0 Å². The zero-order valence-corrected chi connectivity index (χ0v) is 11.8. The number of nitrogens with zero attached hydrogens (tertiary/aromatic N) is 1. The molecule has 1 saturated heterocycles. The van der Waals surface area contributed by atoms with Crippen LogP contribution in [-0.4, -0.2) is 57.2 Å². The average Bonchev–Trinajstić information content (AvgIpc) is 2.29. The first-order valence-corrected chi connectivity index (χ1v) is 8.12. The summed E-state index contributed by atoms with van der Waals surface area (Å²) in [7, 11) is -3.06. The lowest BCUT2D eigenvalue weighted by Crippen LogP contribution is -2.44. The Morgan fingerprint density at radius 2 is 2.00 bits per heavy atom. The Balaban J connectivity index is 2.18. The Hall–Kier alpha value is -0.660. The highest BCUT2D eigenvalue weighted by Crippen LogP contribution is 2.12. The average molecular weight is 278 g/mol. The molecule has 0 radical (unpaired) electrons. The molecule has 0 unspecified atom stereocenters. The maximum atomic E-state index is 11.3. The van der Waals surface area contributed by atoms with Crippen molar-refractivity contribution in [2.75, 3.05) is 32.5 Å². The fourth-order valence-electron chi connectivity index (χ4n) is 2.00. The monoisotopic (exact) mass is 278 g/mol. The van der Waals surface area contributed by atoms with E-state index in [-0.39, 0.29) is 12.0 Å². The summed E-state index contributed by atoms with van der Waals surface area (Å²) in [6.45, 7) is 3.88. The van der Waals surface area contributed by atoms with Crippen LogP contribution in [0.15, 0.2) is 0 Å². The first kappa shape index (κ1) is 15.4. The molecule has 1 heterocycles. The summed E-state index contributed by atoms with van der Waals surface area (Å²) >= 11 is 0. The molecule has 0 aromatic carbocycles. The summed E-state index contributed by atoms with van der Waals surface area (Å²) < 4.78 is 28.9. The molecule has 1 aliphatic heterocycles. The van der Waals surface area contributed by atoms with Gasteiger partial charge in [-0.2, -0.15) is 0 Å². The Labute approximate surface area is 109 Å². The first-order valence-electron chi connectivity index (χ1n) is 6.27. The van der Waals surface area contributed by atoms with Crippen LogP contribution in [0.25, 0.3) is 0 Å². The minimum absolute atomic E-state index is 0.196. The van der Waals surface area contributed by atoms with Gasteiger partial charge in [0.1, 0.15) is 0 Å². The highest BCUT2D eigenvalue weighted by atomic mass is 32.2. The number of hydrogen-bond acceptors (Lipinski definition) is 5. The normalized spacial score (nSPS) is 18.8. The van der Waals surface area contributed by atoms with Gasteiger partial charge in [0.2, 0.25) is 10.0 Å². The van der Waals surface area contributed by atoms with Gasteiger partial charge in [-0.15, -0.1) is 0 Å². The van der Waals surface area contributed by atoms with Crippen molar-refractivity contribution in [2.45, 2.75) is 32.2 Å². The van der Waals surface area contributed by atoms with Crippen molar-refractivity contribution in [3.63, 3.8) is 0 Å². The second-order valence-electron chi connectivity index (χ2n) is 4.45. The van der Waals surface area contributed by atoms with Crippen molar-refractivity contribution in [3.05, 3.63) is 0 Å². The van der Waals surface area contributed by atoms with Gasteiger partial charge in [-0.25, -0.2) is 12.7 Å². The second-order valence-corrected chi connectivity index (χ2v) is 6.43. The smallest absolute Gasteiger partial charge is 0.307 e. The number of carbonyl (C=O) groups excluding carboxylic acids is 1. The minimum atomic E-state index is -3.06. The quantitative estimate of drug-likeness (QED) is 0.690. The molecule has 1 rings (SSSR count). The molecule has 1 N–H and O–H groups in total. The molecular formula is C11H22N2O4S. The maximum absolute atomic E-state index is 11.3. The van der Waals surface area contributed by atoms with Gasteiger partial charge in [0, 0.05) is 25.7 Å². The third-order valence-electron chi connectivity index (χ3n) is 2.99. The Kier molecular flexibility index (Phi) is 6.04. The molecule has 7 heteroatoms. The lowest BCUT2D eigenvalue weighted by atomic mass is 10.1. The van der Waals surface area contributed by atoms with E-state index in [0.717, 1.165) is 12.8 Å². The Bertz CT molecular complexity index is 361. The lowest BCUT2D eigenvalue weighted by Gasteiger charge is -2.30. The zero-order valence-electron chi connectivity index (χ0n) is 11.0. The topological polar surface area (TPSA) is 75.7 Å². The molecule has 0 aromatic rings. The maximum Gasteiger partial charge on any atom is 0.307 e. The largest absolute Gasteiger partial charge is 0.466 e. The van der Waals surface area contributed by atoms with Crippen molar-refractivity contribution >= 4 is 16.0 Å². The molecule has 0 bridgehead atoms. The van der Waals surface area contributed by atoms with Crippen molar-refractivity contribution in [1.82, 2.24) is 9.62 Å². The molecule has 0 atom stereocenters. The van der Waals surface area contributed by atoms with Gasteiger partial charge in [-0.05, 0) is 19.8 Å². The summed E-state index contributed by atoms with van der Waals surface area (Å²) in [6, 6.07) is 0.289. The first-order chi connectivity index (χ1) is 8.43. The number of ether oxygens (including phenoxy) is 1. The standard InChI is InChI=1S/C11H22N2O4S/c1-3-17-11(14)4-7-12-10-5-8-13(9-6-10)18(2,15)16/h10,12H,3-9H2,1-2H3. The molecule has 6 nitrogen and oxygen atoms in total. The van der Waals surface area contributed by atoms with E-state index in [2.05, 4.69) is 5.32 Å². The highest BCUT2D eigenvalue weighted by molar-refractivity contribution is 7.88. The molecule has 18 heavy (non-hydrogen) atoms. The van der Waals surface area contributed by atoms with Crippen LogP contribution in [0.4, 0.5) is 0 Å². The number of sulfonamides is 1. The van der Waals surface area contributed by atoms with Crippen LogP contribution in [0.5, 0.6) is 0 Å². The van der Waals surface area contributed by atoms with Crippen molar-refractivity contribution < 1.29 is 17.9 Å². The number of hydrogen-bond donors (Lipinski definition) is 1. The van der Waals surface area contributed by atoms with Gasteiger partial charge >= 0.3 is 5.97 Å². The van der Waals surface area contributed by atoms with Crippen LogP contribution in [-0.2, 0) is 19.6 Å². The van der Waals surface area contributed by atoms with Crippen LogP contribution in [0, 0.1) is 0 Å². The number of nitrogens with one attached hydrogen (secondary N) is 1. The summed E-state index contributed by atoms with van der Waals surface area (Å²) in [4.78, 5) is 11.1. The summed E-state index contributed by atoms with van der Waals surface area (Å²) in [5, 5.41) is 3.26. The van der Waals surface area contributed by atoms with Crippen molar-refractivity contribution in [1.29, 1.82) is 0 Å². The van der Waals surface area contributed by atoms with Gasteiger partial charge in [-0.1, -0.05) is 0 Å². The number of piperidine rings is 1. The Morgan fingerprint density at radius 3 is 2.50 bits per heavy atom. The van der Waals surface area contributed by atoms with Gasteiger partial charge in [0.05, 0.1) is 19.3 Å². The molecule has 0 amide bonds. The minimum Gasteiger partial charge on any atom is -0.466 e. The predicted molar refractivity (Wildman–Crippen MR) is 68.7 cm³/mol. The van der Waals surface area contributed by atoms with E-state index in [4.69, 9.17) is 4.74 Å². The molecule has 1 fully saturated rings. The molecule has 106 valence electrons. The summed E-state index contributed by atoms with van der Waals surface area (Å²) in [5.41, 5.74) is 0. The van der Waals surface area contributed by atoms with Gasteiger partial charge < -0.3 is 10.1 Å². The van der Waals surface area contributed by atoms with Crippen molar-refractivity contribution in [3.8, 4) is 0 Å². The SMILES string of the molecule is CCOC(=O)CCNC1CCN(S(C)(=O)=O)CC1. The van der Waals surface area contributed by atoms with E-state index in [1.807, 2.05) is 0 Å². The van der Waals surface area contributed by atoms with E-state index in [0.29, 0.717) is 32.7 Å². The second kappa shape index (κ2) is 7.06. The van der Waals surface area contributed by atoms with Gasteiger partial charge in [0.15, 0.2) is 0 Å².